The maximum absolute atomic E-state index is 4.86. The molecule has 1 aromatic carbocycles. The summed E-state index contributed by atoms with van der Waals surface area (Å²) in [6.07, 6.45) is 4.54. The van der Waals surface area contributed by atoms with Crippen molar-refractivity contribution in [2.24, 2.45) is 0 Å². The second-order valence-corrected chi connectivity index (χ2v) is 6.61. The number of thiazole rings is 1. The van der Waals surface area contributed by atoms with E-state index in [1.807, 2.05) is 0 Å². The normalized spacial score (nSPS) is 13.5. The number of benzene rings is 1. The molecule has 4 heteroatoms. The van der Waals surface area contributed by atoms with Crippen molar-refractivity contribution in [2.45, 2.75) is 32.6 Å². The van der Waals surface area contributed by atoms with Gasteiger partial charge in [0.2, 0.25) is 0 Å². The highest BCUT2D eigenvalue weighted by atomic mass is 32.1. The standard InChI is InChI=1S/C18H19N3S/c1-2-10-19-18-21-16(11-22-18)17-12-6-3-4-8-14(12)20-15-9-5-7-13(15)17/h3-4,6,8,11H,2,5,7,9-10H2,1H3,(H,19,21). The number of rotatable bonds is 4. The number of hydrogen-bond donors (Lipinski definition) is 1. The molecule has 22 heavy (non-hydrogen) atoms. The first-order valence-electron chi connectivity index (χ1n) is 7.97. The lowest BCUT2D eigenvalue weighted by Gasteiger charge is -2.10. The van der Waals surface area contributed by atoms with Crippen molar-refractivity contribution < 1.29 is 0 Å². The lowest BCUT2D eigenvalue weighted by atomic mass is 9.99. The van der Waals surface area contributed by atoms with Gasteiger partial charge in [-0.2, -0.15) is 0 Å². The Kier molecular flexibility index (Phi) is 3.54. The van der Waals surface area contributed by atoms with Crippen molar-refractivity contribution in [3.05, 3.63) is 40.9 Å². The molecule has 2 aromatic heterocycles. The van der Waals surface area contributed by atoms with Crippen LogP contribution in [0.15, 0.2) is 29.6 Å². The summed E-state index contributed by atoms with van der Waals surface area (Å²) < 4.78 is 0. The third kappa shape index (κ3) is 2.28. The minimum atomic E-state index is 0.974. The summed E-state index contributed by atoms with van der Waals surface area (Å²) in [7, 11) is 0. The monoisotopic (exact) mass is 309 g/mol. The first-order chi connectivity index (χ1) is 10.9. The SMILES string of the molecule is CCCNc1nc(-c2c3c(nc4ccccc24)CCC3)cs1. The zero-order chi connectivity index (χ0) is 14.9. The van der Waals surface area contributed by atoms with Crippen LogP contribution in [0.1, 0.15) is 31.0 Å². The summed E-state index contributed by atoms with van der Waals surface area (Å²) in [5.74, 6) is 0. The predicted octanol–water partition coefficient (Wildman–Crippen LogP) is 4.67. The van der Waals surface area contributed by atoms with Crippen LogP contribution >= 0.6 is 11.3 Å². The average Bonchev–Trinajstić information content (AvgIpc) is 3.19. The Morgan fingerprint density at radius 2 is 2.09 bits per heavy atom. The van der Waals surface area contributed by atoms with Gasteiger partial charge in [0.05, 0.1) is 11.2 Å². The quantitative estimate of drug-likeness (QED) is 0.761. The number of para-hydroxylation sites is 1. The van der Waals surface area contributed by atoms with Crippen molar-refractivity contribution in [1.82, 2.24) is 9.97 Å². The summed E-state index contributed by atoms with van der Waals surface area (Å²) in [4.78, 5) is 9.68. The van der Waals surface area contributed by atoms with E-state index >= 15 is 0 Å². The van der Waals surface area contributed by atoms with Gasteiger partial charge in [0.15, 0.2) is 5.13 Å². The van der Waals surface area contributed by atoms with Crippen LogP contribution in [0.3, 0.4) is 0 Å². The van der Waals surface area contributed by atoms with Gasteiger partial charge in [-0.25, -0.2) is 4.98 Å². The van der Waals surface area contributed by atoms with Crippen LogP contribution in [0.4, 0.5) is 5.13 Å². The molecule has 0 radical (unpaired) electrons. The number of aryl methyl sites for hydroxylation is 1. The Morgan fingerprint density at radius 1 is 1.18 bits per heavy atom. The van der Waals surface area contributed by atoms with E-state index in [1.165, 1.54) is 28.6 Å². The van der Waals surface area contributed by atoms with Gasteiger partial charge in [-0.05, 0) is 37.3 Å². The Labute approximate surface area is 134 Å². The fourth-order valence-corrected chi connectivity index (χ4v) is 3.94. The molecule has 0 amide bonds. The molecule has 4 rings (SSSR count). The molecule has 3 nitrogen and oxygen atoms in total. The number of hydrogen-bond acceptors (Lipinski definition) is 4. The minimum absolute atomic E-state index is 0.974. The van der Waals surface area contributed by atoms with Gasteiger partial charge in [0, 0.05) is 28.6 Å². The Bertz CT molecular complexity index is 822. The van der Waals surface area contributed by atoms with E-state index in [9.17, 15) is 0 Å². The van der Waals surface area contributed by atoms with Crippen molar-refractivity contribution in [3.8, 4) is 11.3 Å². The first-order valence-corrected chi connectivity index (χ1v) is 8.85. The van der Waals surface area contributed by atoms with E-state index in [0.717, 1.165) is 42.1 Å². The summed E-state index contributed by atoms with van der Waals surface area (Å²) in [5.41, 5.74) is 6.17. The van der Waals surface area contributed by atoms with Crippen LogP contribution in [0.2, 0.25) is 0 Å². The Balaban J connectivity index is 1.88. The summed E-state index contributed by atoms with van der Waals surface area (Å²) in [5, 5.41) is 7.82. The highest BCUT2D eigenvalue weighted by molar-refractivity contribution is 7.14. The fraction of sp³-hybridized carbons (Fsp3) is 0.333. The van der Waals surface area contributed by atoms with Gasteiger partial charge in [-0.3, -0.25) is 4.98 Å². The zero-order valence-corrected chi connectivity index (χ0v) is 13.5. The molecule has 112 valence electrons. The molecule has 2 heterocycles. The Hall–Kier alpha value is -1.94. The van der Waals surface area contributed by atoms with E-state index in [2.05, 4.69) is 41.9 Å². The van der Waals surface area contributed by atoms with E-state index in [4.69, 9.17) is 9.97 Å². The third-order valence-corrected chi connectivity index (χ3v) is 5.01. The molecule has 1 aliphatic rings. The van der Waals surface area contributed by atoms with Crippen molar-refractivity contribution >= 4 is 27.4 Å². The van der Waals surface area contributed by atoms with Crippen LogP contribution in [-0.2, 0) is 12.8 Å². The third-order valence-electron chi connectivity index (χ3n) is 4.21. The smallest absolute Gasteiger partial charge is 0.183 e. The highest BCUT2D eigenvalue weighted by Crippen LogP contribution is 2.38. The molecule has 1 N–H and O–H groups in total. The fourth-order valence-electron chi connectivity index (χ4n) is 3.21. The van der Waals surface area contributed by atoms with Crippen LogP contribution in [-0.4, -0.2) is 16.5 Å². The number of aromatic nitrogens is 2. The topological polar surface area (TPSA) is 37.8 Å². The van der Waals surface area contributed by atoms with E-state index in [1.54, 1.807) is 11.3 Å². The lowest BCUT2D eigenvalue weighted by molar-refractivity contribution is 0.901. The number of fused-ring (bicyclic) bond motifs is 2. The van der Waals surface area contributed by atoms with Gasteiger partial charge in [0.1, 0.15) is 0 Å². The molecule has 0 atom stereocenters. The van der Waals surface area contributed by atoms with Crippen molar-refractivity contribution in [2.75, 3.05) is 11.9 Å². The van der Waals surface area contributed by atoms with Crippen LogP contribution in [0.5, 0.6) is 0 Å². The van der Waals surface area contributed by atoms with Gasteiger partial charge in [-0.1, -0.05) is 25.1 Å². The highest BCUT2D eigenvalue weighted by Gasteiger charge is 2.21. The van der Waals surface area contributed by atoms with Gasteiger partial charge >= 0.3 is 0 Å². The van der Waals surface area contributed by atoms with Crippen LogP contribution < -0.4 is 5.32 Å². The number of nitrogens with zero attached hydrogens (tertiary/aromatic N) is 2. The second kappa shape index (κ2) is 5.69. The van der Waals surface area contributed by atoms with Crippen molar-refractivity contribution in [1.29, 1.82) is 0 Å². The number of nitrogens with one attached hydrogen (secondary N) is 1. The second-order valence-electron chi connectivity index (χ2n) is 5.75. The molecular weight excluding hydrogens is 290 g/mol. The van der Waals surface area contributed by atoms with Gasteiger partial charge < -0.3 is 5.32 Å². The first kappa shape index (κ1) is 13.7. The van der Waals surface area contributed by atoms with E-state index < -0.39 is 0 Å². The summed E-state index contributed by atoms with van der Waals surface area (Å²) in [6.45, 7) is 3.15. The lowest BCUT2D eigenvalue weighted by Crippen LogP contribution is -1.99. The minimum Gasteiger partial charge on any atom is -0.362 e. The van der Waals surface area contributed by atoms with Crippen LogP contribution in [0, 0.1) is 0 Å². The summed E-state index contributed by atoms with van der Waals surface area (Å²) in [6, 6.07) is 8.45. The van der Waals surface area contributed by atoms with Crippen molar-refractivity contribution in [3.63, 3.8) is 0 Å². The molecule has 0 spiro atoms. The molecule has 3 aromatic rings. The molecular formula is C18H19N3S. The number of anilines is 1. The largest absolute Gasteiger partial charge is 0.362 e. The van der Waals surface area contributed by atoms with Gasteiger partial charge in [0.25, 0.3) is 0 Å². The zero-order valence-electron chi connectivity index (χ0n) is 12.7. The predicted molar refractivity (Wildman–Crippen MR) is 93.7 cm³/mol. The molecule has 0 saturated carbocycles. The van der Waals surface area contributed by atoms with E-state index in [-0.39, 0.29) is 0 Å². The molecule has 0 saturated heterocycles. The summed E-state index contributed by atoms with van der Waals surface area (Å²) >= 11 is 1.70. The van der Waals surface area contributed by atoms with Crippen LogP contribution in [0.25, 0.3) is 22.2 Å². The molecule has 0 bridgehead atoms. The number of pyridine rings is 1. The maximum Gasteiger partial charge on any atom is 0.183 e. The molecule has 0 aliphatic heterocycles. The average molecular weight is 309 g/mol. The molecule has 0 unspecified atom stereocenters. The van der Waals surface area contributed by atoms with E-state index in [0.29, 0.717) is 0 Å². The van der Waals surface area contributed by atoms with Gasteiger partial charge in [-0.15, -0.1) is 11.3 Å². The Morgan fingerprint density at radius 3 is 3.00 bits per heavy atom. The maximum atomic E-state index is 4.86. The molecule has 1 aliphatic carbocycles. The molecule has 0 fully saturated rings.